The molecule has 1 fully saturated rings. The molecule has 0 spiro atoms. The summed E-state index contributed by atoms with van der Waals surface area (Å²) < 4.78 is 5.92. The van der Waals surface area contributed by atoms with Crippen LogP contribution in [0.25, 0.3) is 0 Å². The highest BCUT2D eigenvalue weighted by Gasteiger charge is 2.30. The first-order valence-electron chi connectivity index (χ1n) is 6.94. The minimum absolute atomic E-state index is 0.0732. The lowest BCUT2D eigenvalue weighted by molar-refractivity contribution is -0.149. The van der Waals surface area contributed by atoms with Gasteiger partial charge in [-0.2, -0.15) is 0 Å². The van der Waals surface area contributed by atoms with Crippen LogP contribution in [0, 0.1) is 9.49 Å². The highest BCUT2D eigenvalue weighted by molar-refractivity contribution is 14.1. The van der Waals surface area contributed by atoms with Gasteiger partial charge in [0.05, 0.1) is 18.1 Å². The number of hydrogen-bond acceptors (Lipinski definition) is 3. The Kier molecular flexibility index (Phi) is 5.87. The third-order valence-electron chi connectivity index (χ3n) is 3.49. The van der Waals surface area contributed by atoms with Crippen LogP contribution in [0.3, 0.4) is 0 Å². The molecule has 0 bridgehead atoms. The number of carbonyl (C=O) groups is 2. The third-order valence-corrected chi connectivity index (χ3v) is 4.66. The molecule has 1 aromatic rings. The SMILES string of the molecule is CCOC(=O)[C@H]1CCCN(C(=O)c2cc(Cl)ccc2I)C1. The Bertz CT molecular complexity index is 550. The summed E-state index contributed by atoms with van der Waals surface area (Å²) in [6.07, 6.45) is 1.58. The van der Waals surface area contributed by atoms with Crippen LogP contribution in [0.1, 0.15) is 30.1 Å². The smallest absolute Gasteiger partial charge is 0.310 e. The topological polar surface area (TPSA) is 46.6 Å². The number of ether oxygens (including phenoxy) is 1. The van der Waals surface area contributed by atoms with E-state index in [-0.39, 0.29) is 17.8 Å². The maximum Gasteiger partial charge on any atom is 0.310 e. The Balaban J connectivity index is 2.12. The van der Waals surface area contributed by atoms with Gasteiger partial charge in [-0.05, 0) is 60.6 Å². The fourth-order valence-electron chi connectivity index (χ4n) is 2.45. The Morgan fingerprint density at radius 2 is 2.24 bits per heavy atom. The van der Waals surface area contributed by atoms with Crippen LogP contribution in [0.4, 0.5) is 0 Å². The van der Waals surface area contributed by atoms with Gasteiger partial charge < -0.3 is 9.64 Å². The Morgan fingerprint density at radius 3 is 2.95 bits per heavy atom. The van der Waals surface area contributed by atoms with Crippen molar-refractivity contribution in [3.05, 3.63) is 32.4 Å². The van der Waals surface area contributed by atoms with Crippen LogP contribution < -0.4 is 0 Å². The van der Waals surface area contributed by atoms with Crippen LogP contribution >= 0.6 is 34.2 Å². The molecule has 1 atom stereocenters. The minimum Gasteiger partial charge on any atom is -0.466 e. The van der Waals surface area contributed by atoms with Crippen LogP contribution in [0.15, 0.2) is 18.2 Å². The summed E-state index contributed by atoms with van der Waals surface area (Å²) >= 11 is 8.09. The molecule has 1 aliphatic heterocycles. The second kappa shape index (κ2) is 7.45. The van der Waals surface area contributed by atoms with E-state index in [0.717, 1.165) is 16.4 Å². The van der Waals surface area contributed by atoms with E-state index in [1.165, 1.54) is 0 Å². The molecule has 0 N–H and O–H groups in total. The average Bonchev–Trinajstić information content (AvgIpc) is 2.49. The first-order chi connectivity index (χ1) is 10.0. The lowest BCUT2D eigenvalue weighted by Gasteiger charge is -2.31. The molecule has 1 heterocycles. The van der Waals surface area contributed by atoms with Crippen LogP contribution in [-0.2, 0) is 9.53 Å². The van der Waals surface area contributed by atoms with E-state index < -0.39 is 0 Å². The van der Waals surface area contributed by atoms with E-state index in [1.54, 1.807) is 24.0 Å². The molecule has 1 amide bonds. The maximum atomic E-state index is 12.6. The van der Waals surface area contributed by atoms with Gasteiger partial charge in [-0.25, -0.2) is 0 Å². The van der Waals surface area contributed by atoms with Gasteiger partial charge >= 0.3 is 5.97 Å². The summed E-state index contributed by atoms with van der Waals surface area (Å²) in [5.74, 6) is -0.508. The zero-order valence-electron chi connectivity index (χ0n) is 11.8. The van der Waals surface area contributed by atoms with Crippen molar-refractivity contribution in [1.29, 1.82) is 0 Å². The van der Waals surface area contributed by atoms with Gasteiger partial charge in [-0.1, -0.05) is 11.6 Å². The third kappa shape index (κ3) is 4.10. The fraction of sp³-hybridized carbons (Fsp3) is 0.467. The number of hydrogen-bond donors (Lipinski definition) is 0. The van der Waals surface area contributed by atoms with Crippen molar-refractivity contribution in [2.24, 2.45) is 5.92 Å². The van der Waals surface area contributed by atoms with Crippen LogP contribution in [-0.4, -0.2) is 36.5 Å². The standard InChI is InChI=1S/C15H17ClINO3/c1-2-21-15(20)10-4-3-7-18(9-10)14(19)12-8-11(16)5-6-13(12)17/h5-6,8,10H,2-4,7,9H2,1H3/t10-/m0/s1. The molecule has 4 nitrogen and oxygen atoms in total. The molecule has 21 heavy (non-hydrogen) atoms. The number of benzene rings is 1. The molecule has 1 aliphatic rings. The largest absolute Gasteiger partial charge is 0.466 e. The zero-order valence-corrected chi connectivity index (χ0v) is 14.7. The fourth-order valence-corrected chi connectivity index (χ4v) is 3.18. The predicted octanol–water partition coefficient (Wildman–Crippen LogP) is 3.36. The summed E-state index contributed by atoms with van der Waals surface area (Å²) in [5.41, 5.74) is 0.590. The van der Waals surface area contributed by atoms with E-state index in [1.807, 2.05) is 6.07 Å². The molecule has 0 aromatic heterocycles. The highest BCUT2D eigenvalue weighted by atomic mass is 127. The average molecular weight is 422 g/mol. The molecular formula is C15H17ClINO3. The minimum atomic E-state index is -0.223. The van der Waals surface area contributed by atoms with Gasteiger partial charge in [0.1, 0.15) is 0 Å². The summed E-state index contributed by atoms with van der Waals surface area (Å²) in [5, 5.41) is 0.540. The quantitative estimate of drug-likeness (QED) is 0.555. The van der Waals surface area contributed by atoms with Crippen LogP contribution in [0.2, 0.25) is 5.02 Å². The van der Waals surface area contributed by atoms with E-state index in [4.69, 9.17) is 16.3 Å². The van der Waals surface area contributed by atoms with Crippen molar-refractivity contribution in [3.63, 3.8) is 0 Å². The first kappa shape index (κ1) is 16.5. The highest BCUT2D eigenvalue weighted by Crippen LogP contribution is 2.23. The number of amides is 1. The Labute approximate surface area is 142 Å². The van der Waals surface area contributed by atoms with Crippen molar-refractivity contribution in [1.82, 2.24) is 4.90 Å². The number of esters is 1. The van der Waals surface area contributed by atoms with Gasteiger partial charge in [0.25, 0.3) is 5.91 Å². The number of piperidine rings is 1. The molecule has 0 unspecified atom stereocenters. The summed E-state index contributed by atoms with van der Waals surface area (Å²) in [4.78, 5) is 26.2. The van der Waals surface area contributed by atoms with E-state index in [0.29, 0.717) is 30.3 Å². The van der Waals surface area contributed by atoms with Crippen molar-refractivity contribution < 1.29 is 14.3 Å². The van der Waals surface area contributed by atoms with Crippen molar-refractivity contribution in [2.45, 2.75) is 19.8 Å². The van der Waals surface area contributed by atoms with Crippen molar-refractivity contribution in [2.75, 3.05) is 19.7 Å². The maximum absolute atomic E-state index is 12.6. The van der Waals surface area contributed by atoms with Crippen molar-refractivity contribution >= 4 is 46.1 Å². The molecule has 1 saturated heterocycles. The monoisotopic (exact) mass is 421 g/mol. The Morgan fingerprint density at radius 1 is 1.48 bits per heavy atom. The molecule has 6 heteroatoms. The molecular weight excluding hydrogens is 405 g/mol. The second-order valence-electron chi connectivity index (χ2n) is 4.97. The van der Waals surface area contributed by atoms with Gasteiger partial charge in [0.15, 0.2) is 0 Å². The number of rotatable bonds is 3. The van der Waals surface area contributed by atoms with Gasteiger partial charge in [-0.3, -0.25) is 9.59 Å². The lowest BCUT2D eigenvalue weighted by Crippen LogP contribution is -2.43. The number of carbonyl (C=O) groups excluding carboxylic acids is 2. The summed E-state index contributed by atoms with van der Waals surface area (Å²) in [7, 11) is 0. The van der Waals surface area contributed by atoms with E-state index in [2.05, 4.69) is 22.6 Å². The van der Waals surface area contributed by atoms with E-state index >= 15 is 0 Å². The van der Waals surface area contributed by atoms with Crippen LogP contribution in [0.5, 0.6) is 0 Å². The molecule has 114 valence electrons. The van der Waals surface area contributed by atoms with Gasteiger partial charge in [0.2, 0.25) is 0 Å². The molecule has 0 saturated carbocycles. The number of nitrogens with zero attached hydrogens (tertiary/aromatic N) is 1. The number of halogens is 2. The normalized spacial score (nSPS) is 18.4. The van der Waals surface area contributed by atoms with E-state index in [9.17, 15) is 9.59 Å². The zero-order chi connectivity index (χ0) is 15.4. The first-order valence-corrected chi connectivity index (χ1v) is 8.39. The van der Waals surface area contributed by atoms with Crippen molar-refractivity contribution in [3.8, 4) is 0 Å². The second-order valence-corrected chi connectivity index (χ2v) is 6.57. The lowest BCUT2D eigenvalue weighted by atomic mass is 9.97. The molecule has 2 rings (SSSR count). The number of likely N-dealkylation sites (tertiary alicyclic amines) is 1. The molecule has 0 aliphatic carbocycles. The summed E-state index contributed by atoms with van der Waals surface area (Å²) in [6, 6.07) is 5.26. The van der Waals surface area contributed by atoms with Gasteiger partial charge in [0, 0.05) is 21.7 Å². The Hall–Kier alpha value is -0.820. The van der Waals surface area contributed by atoms with Gasteiger partial charge in [-0.15, -0.1) is 0 Å². The molecule has 1 aromatic carbocycles. The molecule has 0 radical (unpaired) electrons. The predicted molar refractivity (Wildman–Crippen MR) is 89.4 cm³/mol. The summed E-state index contributed by atoms with van der Waals surface area (Å²) in [6.45, 7) is 3.24.